The molecule has 0 unspecified atom stereocenters. The van der Waals surface area contributed by atoms with Crippen LogP contribution in [0.3, 0.4) is 0 Å². The van der Waals surface area contributed by atoms with Crippen LogP contribution in [0.2, 0.25) is 0 Å². The van der Waals surface area contributed by atoms with Crippen LogP contribution in [-0.2, 0) is 4.74 Å². The summed E-state index contributed by atoms with van der Waals surface area (Å²) in [5, 5.41) is 3.23. The SMILES string of the molecule is COC(=O)c1ccc(Nc2ccc(Br)c(C)c2)c(N)c1. The second-order valence-electron chi connectivity index (χ2n) is 4.38. The molecule has 2 rings (SSSR count). The van der Waals surface area contributed by atoms with Crippen LogP contribution in [0.4, 0.5) is 17.1 Å². The van der Waals surface area contributed by atoms with Gasteiger partial charge in [0, 0.05) is 10.2 Å². The van der Waals surface area contributed by atoms with Crippen molar-refractivity contribution in [2.24, 2.45) is 0 Å². The Morgan fingerprint density at radius 1 is 1.25 bits per heavy atom. The van der Waals surface area contributed by atoms with Crippen LogP contribution in [0.5, 0.6) is 0 Å². The molecule has 104 valence electrons. The minimum atomic E-state index is -0.400. The lowest BCUT2D eigenvalue weighted by molar-refractivity contribution is 0.0601. The van der Waals surface area contributed by atoms with Gasteiger partial charge in [-0.1, -0.05) is 15.9 Å². The zero-order valence-corrected chi connectivity index (χ0v) is 12.8. The number of nitrogens with one attached hydrogen (secondary N) is 1. The molecule has 0 aliphatic rings. The fraction of sp³-hybridized carbons (Fsp3) is 0.133. The zero-order valence-electron chi connectivity index (χ0n) is 11.2. The van der Waals surface area contributed by atoms with Crippen LogP contribution in [0, 0.1) is 6.92 Å². The highest BCUT2D eigenvalue weighted by Gasteiger charge is 2.08. The summed E-state index contributed by atoms with van der Waals surface area (Å²) >= 11 is 3.46. The number of carbonyl (C=O) groups excluding carboxylic acids is 1. The predicted molar refractivity (Wildman–Crippen MR) is 84.4 cm³/mol. The van der Waals surface area contributed by atoms with E-state index in [2.05, 4.69) is 26.0 Å². The number of benzene rings is 2. The van der Waals surface area contributed by atoms with E-state index in [1.165, 1.54) is 7.11 Å². The molecule has 3 N–H and O–H groups in total. The van der Waals surface area contributed by atoms with Crippen molar-refractivity contribution in [2.75, 3.05) is 18.2 Å². The van der Waals surface area contributed by atoms with E-state index in [1.54, 1.807) is 18.2 Å². The Morgan fingerprint density at radius 2 is 2.00 bits per heavy atom. The van der Waals surface area contributed by atoms with E-state index in [-0.39, 0.29) is 0 Å². The maximum atomic E-state index is 11.4. The molecule has 2 aromatic rings. The van der Waals surface area contributed by atoms with Crippen molar-refractivity contribution in [3.8, 4) is 0 Å². The van der Waals surface area contributed by atoms with Gasteiger partial charge in [0.1, 0.15) is 0 Å². The minimum Gasteiger partial charge on any atom is -0.465 e. The van der Waals surface area contributed by atoms with Gasteiger partial charge < -0.3 is 15.8 Å². The summed E-state index contributed by atoms with van der Waals surface area (Å²) in [7, 11) is 1.34. The molecule has 0 aliphatic heterocycles. The number of methoxy groups -OCH3 is 1. The zero-order chi connectivity index (χ0) is 14.7. The van der Waals surface area contributed by atoms with Gasteiger partial charge in [0.2, 0.25) is 0 Å². The molecular formula is C15H15BrN2O2. The first-order chi connectivity index (χ1) is 9.51. The van der Waals surface area contributed by atoms with Crippen molar-refractivity contribution in [3.63, 3.8) is 0 Å². The second kappa shape index (κ2) is 5.96. The standard InChI is InChI=1S/C15H15BrN2O2/c1-9-7-11(4-5-12(9)16)18-14-6-3-10(8-13(14)17)15(19)20-2/h3-8,18H,17H2,1-2H3. The number of halogens is 1. The Bertz CT molecular complexity index is 656. The fourth-order valence-corrected chi connectivity index (χ4v) is 2.05. The molecule has 0 saturated heterocycles. The number of hydrogen-bond donors (Lipinski definition) is 2. The van der Waals surface area contributed by atoms with Gasteiger partial charge in [0.05, 0.1) is 24.0 Å². The maximum absolute atomic E-state index is 11.4. The monoisotopic (exact) mass is 334 g/mol. The first-order valence-electron chi connectivity index (χ1n) is 6.02. The van der Waals surface area contributed by atoms with E-state index in [9.17, 15) is 4.79 Å². The number of aryl methyl sites for hydroxylation is 1. The van der Waals surface area contributed by atoms with Crippen molar-refractivity contribution in [2.45, 2.75) is 6.92 Å². The van der Waals surface area contributed by atoms with Gasteiger partial charge in [-0.15, -0.1) is 0 Å². The van der Waals surface area contributed by atoms with E-state index < -0.39 is 5.97 Å². The average Bonchev–Trinajstić information content (AvgIpc) is 2.44. The Balaban J connectivity index is 2.25. The van der Waals surface area contributed by atoms with E-state index in [1.807, 2.05) is 25.1 Å². The second-order valence-corrected chi connectivity index (χ2v) is 5.24. The molecule has 0 amide bonds. The van der Waals surface area contributed by atoms with Gasteiger partial charge >= 0.3 is 5.97 Å². The molecule has 0 bridgehead atoms. The van der Waals surface area contributed by atoms with Crippen LogP contribution in [0.25, 0.3) is 0 Å². The molecule has 20 heavy (non-hydrogen) atoms. The Kier molecular flexibility index (Phi) is 4.29. The summed E-state index contributed by atoms with van der Waals surface area (Å²) < 4.78 is 5.71. The number of rotatable bonds is 3. The number of carbonyl (C=O) groups is 1. The summed E-state index contributed by atoms with van der Waals surface area (Å²) in [6.45, 7) is 2.01. The van der Waals surface area contributed by atoms with Crippen LogP contribution < -0.4 is 11.1 Å². The van der Waals surface area contributed by atoms with Gasteiger partial charge in [0.15, 0.2) is 0 Å². The van der Waals surface area contributed by atoms with Gasteiger partial charge in [-0.05, 0) is 48.9 Å². The van der Waals surface area contributed by atoms with Crippen molar-refractivity contribution in [3.05, 3.63) is 52.0 Å². The number of anilines is 3. The highest BCUT2D eigenvalue weighted by Crippen LogP contribution is 2.27. The van der Waals surface area contributed by atoms with Crippen molar-refractivity contribution in [1.29, 1.82) is 0 Å². The van der Waals surface area contributed by atoms with Crippen molar-refractivity contribution >= 4 is 39.0 Å². The minimum absolute atomic E-state index is 0.400. The van der Waals surface area contributed by atoms with Crippen molar-refractivity contribution in [1.82, 2.24) is 0 Å². The van der Waals surface area contributed by atoms with Crippen LogP contribution in [0.15, 0.2) is 40.9 Å². The Hall–Kier alpha value is -2.01. The topological polar surface area (TPSA) is 64.3 Å². The molecule has 0 spiro atoms. The largest absolute Gasteiger partial charge is 0.465 e. The number of nitrogens with two attached hydrogens (primary N) is 1. The van der Waals surface area contributed by atoms with E-state index >= 15 is 0 Å². The van der Waals surface area contributed by atoms with Gasteiger partial charge in [-0.3, -0.25) is 0 Å². The first kappa shape index (κ1) is 14.4. The Labute approximate surface area is 126 Å². The highest BCUT2D eigenvalue weighted by atomic mass is 79.9. The lowest BCUT2D eigenvalue weighted by Crippen LogP contribution is -2.04. The number of ether oxygens (including phenoxy) is 1. The highest BCUT2D eigenvalue weighted by molar-refractivity contribution is 9.10. The maximum Gasteiger partial charge on any atom is 0.337 e. The van der Waals surface area contributed by atoms with Gasteiger partial charge in [-0.2, -0.15) is 0 Å². The van der Waals surface area contributed by atoms with E-state index in [0.29, 0.717) is 11.3 Å². The van der Waals surface area contributed by atoms with Crippen LogP contribution in [-0.4, -0.2) is 13.1 Å². The first-order valence-corrected chi connectivity index (χ1v) is 6.81. The third-order valence-corrected chi connectivity index (χ3v) is 3.80. The molecule has 5 heteroatoms. The molecule has 0 saturated carbocycles. The third kappa shape index (κ3) is 3.11. The molecule has 0 atom stereocenters. The van der Waals surface area contributed by atoms with Crippen LogP contribution >= 0.6 is 15.9 Å². The molecule has 0 radical (unpaired) electrons. The Morgan fingerprint density at radius 3 is 2.60 bits per heavy atom. The van der Waals surface area contributed by atoms with E-state index in [4.69, 9.17) is 5.73 Å². The number of hydrogen-bond acceptors (Lipinski definition) is 4. The lowest BCUT2D eigenvalue weighted by Gasteiger charge is -2.11. The summed E-state index contributed by atoms with van der Waals surface area (Å²) in [5.74, 6) is -0.400. The van der Waals surface area contributed by atoms with Gasteiger partial charge in [-0.25, -0.2) is 4.79 Å². The molecule has 2 aromatic carbocycles. The number of esters is 1. The molecular weight excluding hydrogens is 320 g/mol. The molecule has 0 aliphatic carbocycles. The summed E-state index contributed by atoms with van der Waals surface area (Å²) in [6, 6.07) is 11.0. The summed E-state index contributed by atoms with van der Waals surface area (Å²) in [6.07, 6.45) is 0. The lowest BCUT2D eigenvalue weighted by atomic mass is 10.1. The van der Waals surface area contributed by atoms with Crippen LogP contribution in [0.1, 0.15) is 15.9 Å². The normalized spacial score (nSPS) is 10.2. The third-order valence-electron chi connectivity index (χ3n) is 2.91. The molecule has 0 aromatic heterocycles. The van der Waals surface area contributed by atoms with Crippen molar-refractivity contribution < 1.29 is 9.53 Å². The quantitative estimate of drug-likeness (QED) is 0.660. The number of nitrogen functional groups attached to an aromatic ring is 1. The molecule has 0 heterocycles. The van der Waals surface area contributed by atoms with E-state index in [0.717, 1.165) is 21.4 Å². The summed E-state index contributed by atoms with van der Waals surface area (Å²) in [4.78, 5) is 11.4. The summed E-state index contributed by atoms with van der Waals surface area (Å²) in [5.41, 5.74) is 9.68. The molecule has 0 fully saturated rings. The smallest absolute Gasteiger partial charge is 0.337 e. The van der Waals surface area contributed by atoms with Gasteiger partial charge in [0.25, 0.3) is 0 Å². The predicted octanol–water partition coefficient (Wildman–Crippen LogP) is 3.87. The average molecular weight is 335 g/mol. The fourth-order valence-electron chi connectivity index (χ4n) is 1.80. The molecule has 4 nitrogen and oxygen atoms in total.